The van der Waals surface area contributed by atoms with E-state index >= 15 is 0 Å². The third kappa shape index (κ3) is 4.43. The Morgan fingerprint density at radius 2 is 2.13 bits per heavy atom. The van der Waals surface area contributed by atoms with Crippen LogP contribution in [0.2, 0.25) is 5.15 Å². The Kier molecular flexibility index (Phi) is 5.33. The number of nitrogens with zero attached hydrogens (tertiary/aromatic N) is 1. The number of hydrogen-bond donors (Lipinski definition) is 0. The standard InChI is InChI=1S/C12H16ClNO/c1-2-3-4-5-6-11(15)10-7-8-12(13)14-9-10/h7-9H,2-6H2,1H3. The SMILES string of the molecule is CCCCCCC(=O)c1ccc(Cl)nc1. The second-order valence-corrected chi connectivity index (χ2v) is 3.99. The summed E-state index contributed by atoms with van der Waals surface area (Å²) in [5, 5.41) is 0.428. The van der Waals surface area contributed by atoms with Crippen LogP contribution < -0.4 is 0 Å². The van der Waals surface area contributed by atoms with Gasteiger partial charge in [-0.15, -0.1) is 0 Å². The molecule has 0 atom stereocenters. The molecule has 0 aliphatic heterocycles. The first kappa shape index (κ1) is 12.2. The van der Waals surface area contributed by atoms with E-state index in [4.69, 9.17) is 11.6 Å². The summed E-state index contributed by atoms with van der Waals surface area (Å²) in [6, 6.07) is 3.39. The highest BCUT2D eigenvalue weighted by Gasteiger charge is 2.05. The number of rotatable bonds is 6. The first-order chi connectivity index (χ1) is 7.24. The van der Waals surface area contributed by atoms with E-state index in [1.807, 2.05) is 0 Å². The van der Waals surface area contributed by atoms with Crippen molar-refractivity contribution in [2.75, 3.05) is 0 Å². The van der Waals surface area contributed by atoms with Crippen LogP contribution in [0.3, 0.4) is 0 Å². The molecule has 3 heteroatoms. The van der Waals surface area contributed by atoms with Crippen molar-refractivity contribution < 1.29 is 4.79 Å². The summed E-state index contributed by atoms with van der Waals surface area (Å²) in [6.07, 6.45) is 6.65. The van der Waals surface area contributed by atoms with Crippen molar-refractivity contribution >= 4 is 17.4 Å². The molecule has 0 saturated carbocycles. The molecular formula is C12H16ClNO. The van der Waals surface area contributed by atoms with E-state index in [0.717, 1.165) is 12.8 Å². The predicted octanol–water partition coefficient (Wildman–Crippen LogP) is 3.89. The normalized spacial score (nSPS) is 10.3. The van der Waals surface area contributed by atoms with Gasteiger partial charge in [-0.1, -0.05) is 37.8 Å². The molecule has 1 aromatic rings. The molecule has 2 nitrogen and oxygen atoms in total. The van der Waals surface area contributed by atoms with E-state index in [2.05, 4.69) is 11.9 Å². The van der Waals surface area contributed by atoms with E-state index in [-0.39, 0.29) is 5.78 Å². The molecule has 0 fully saturated rings. The van der Waals surface area contributed by atoms with Crippen LogP contribution in [0.5, 0.6) is 0 Å². The third-order valence-electron chi connectivity index (χ3n) is 2.31. The molecule has 0 amide bonds. The number of pyridine rings is 1. The Balaban J connectivity index is 2.37. The van der Waals surface area contributed by atoms with Gasteiger partial charge in [-0.2, -0.15) is 0 Å². The lowest BCUT2D eigenvalue weighted by atomic mass is 10.1. The molecular weight excluding hydrogens is 210 g/mol. The number of Topliss-reactive ketones (excluding diaryl/α,β-unsaturated/α-hetero) is 1. The minimum absolute atomic E-state index is 0.162. The van der Waals surface area contributed by atoms with Crippen molar-refractivity contribution in [2.45, 2.75) is 39.0 Å². The maximum absolute atomic E-state index is 11.6. The molecule has 1 aromatic heterocycles. The Hall–Kier alpha value is -0.890. The van der Waals surface area contributed by atoms with Crippen LogP contribution in [0.15, 0.2) is 18.3 Å². The number of halogens is 1. The summed E-state index contributed by atoms with van der Waals surface area (Å²) in [7, 11) is 0. The summed E-state index contributed by atoms with van der Waals surface area (Å²) in [6.45, 7) is 2.16. The lowest BCUT2D eigenvalue weighted by Crippen LogP contribution is -1.99. The lowest BCUT2D eigenvalue weighted by molar-refractivity contribution is 0.0979. The fourth-order valence-electron chi connectivity index (χ4n) is 1.40. The van der Waals surface area contributed by atoms with Gasteiger partial charge in [0.1, 0.15) is 5.15 Å². The van der Waals surface area contributed by atoms with Gasteiger partial charge in [-0.3, -0.25) is 4.79 Å². The molecule has 0 aliphatic rings. The first-order valence-electron chi connectivity index (χ1n) is 5.38. The van der Waals surface area contributed by atoms with Gasteiger partial charge in [0.2, 0.25) is 0 Å². The van der Waals surface area contributed by atoms with Crippen molar-refractivity contribution in [1.29, 1.82) is 0 Å². The van der Waals surface area contributed by atoms with Crippen LogP contribution in [-0.2, 0) is 0 Å². The van der Waals surface area contributed by atoms with Gasteiger partial charge in [0.05, 0.1) is 0 Å². The van der Waals surface area contributed by atoms with Crippen LogP contribution in [0.4, 0.5) is 0 Å². The number of unbranched alkanes of at least 4 members (excludes halogenated alkanes) is 3. The van der Waals surface area contributed by atoms with Crippen molar-refractivity contribution in [2.24, 2.45) is 0 Å². The molecule has 0 unspecified atom stereocenters. The summed E-state index contributed by atoms with van der Waals surface area (Å²) in [5.41, 5.74) is 0.663. The van der Waals surface area contributed by atoms with Crippen molar-refractivity contribution in [1.82, 2.24) is 4.98 Å². The summed E-state index contributed by atoms with van der Waals surface area (Å²) < 4.78 is 0. The molecule has 82 valence electrons. The molecule has 15 heavy (non-hydrogen) atoms. The van der Waals surface area contributed by atoms with Crippen LogP contribution in [0.1, 0.15) is 49.4 Å². The van der Waals surface area contributed by atoms with E-state index in [1.54, 1.807) is 18.3 Å². The van der Waals surface area contributed by atoms with Gasteiger partial charge in [-0.05, 0) is 18.6 Å². The molecule has 0 aliphatic carbocycles. The van der Waals surface area contributed by atoms with Gasteiger partial charge in [-0.25, -0.2) is 4.98 Å². The highest BCUT2D eigenvalue weighted by atomic mass is 35.5. The van der Waals surface area contributed by atoms with E-state index in [0.29, 0.717) is 17.1 Å². The maximum atomic E-state index is 11.6. The maximum Gasteiger partial charge on any atom is 0.164 e. The molecule has 1 rings (SSSR count). The second-order valence-electron chi connectivity index (χ2n) is 3.60. The minimum atomic E-state index is 0.162. The molecule has 0 spiro atoms. The highest BCUT2D eigenvalue weighted by molar-refractivity contribution is 6.29. The van der Waals surface area contributed by atoms with Gasteiger partial charge in [0.15, 0.2) is 5.78 Å². The Morgan fingerprint density at radius 3 is 2.73 bits per heavy atom. The number of aromatic nitrogens is 1. The minimum Gasteiger partial charge on any atom is -0.294 e. The van der Waals surface area contributed by atoms with E-state index in [9.17, 15) is 4.79 Å². The van der Waals surface area contributed by atoms with Gasteiger partial charge < -0.3 is 0 Å². The quantitative estimate of drug-likeness (QED) is 0.418. The molecule has 0 bridgehead atoms. The smallest absolute Gasteiger partial charge is 0.164 e. The second kappa shape index (κ2) is 6.57. The summed E-state index contributed by atoms with van der Waals surface area (Å²) in [4.78, 5) is 15.5. The fraction of sp³-hybridized carbons (Fsp3) is 0.500. The number of carbonyl (C=O) groups is 1. The zero-order valence-corrected chi connectivity index (χ0v) is 9.76. The fourth-order valence-corrected chi connectivity index (χ4v) is 1.51. The van der Waals surface area contributed by atoms with Gasteiger partial charge in [0.25, 0.3) is 0 Å². The van der Waals surface area contributed by atoms with Crippen LogP contribution in [0, 0.1) is 0 Å². The third-order valence-corrected chi connectivity index (χ3v) is 2.53. The van der Waals surface area contributed by atoms with Crippen LogP contribution in [0.25, 0.3) is 0 Å². The Labute approximate surface area is 95.7 Å². The average molecular weight is 226 g/mol. The topological polar surface area (TPSA) is 30.0 Å². The van der Waals surface area contributed by atoms with Crippen LogP contribution in [-0.4, -0.2) is 10.8 Å². The van der Waals surface area contributed by atoms with Crippen molar-refractivity contribution in [3.05, 3.63) is 29.0 Å². The van der Waals surface area contributed by atoms with E-state index < -0.39 is 0 Å². The predicted molar refractivity (Wildman–Crippen MR) is 62.3 cm³/mol. The molecule has 0 N–H and O–H groups in total. The number of ketones is 1. The van der Waals surface area contributed by atoms with Crippen molar-refractivity contribution in [3.63, 3.8) is 0 Å². The van der Waals surface area contributed by atoms with Gasteiger partial charge >= 0.3 is 0 Å². The van der Waals surface area contributed by atoms with Crippen LogP contribution >= 0.6 is 11.6 Å². The molecule has 0 saturated heterocycles. The van der Waals surface area contributed by atoms with Crippen molar-refractivity contribution in [3.8, 4) is 0 Å². The van der Waals surface area contributed by atoms with E-state index in [1.165, 1.54) is 12.8 Å². The molecule has 1 heterocycles. The zero-order valence-electron chi connectivity index (χ0n) is 9.00. The Morgan fingerprint density at radius 1 is 1.33 bits per heavy atom. The average Bonchev–Trinajstić information content (AvgIpc) is 2.25. The summed E-state index contributed by atoms with van der Waals surface area (Å²) >= 11 is 5.64. The lowest BCUT2D eigenvalue weighted by Gasteiger charge is -2.00. The summed E-state index contributed by atoms with van der Waals surface area (Å²) in [5.74, 6) is 0.162. The first-order valence-corrected chi connectivity index (χ1v) is 5.76. The number of hydrogen-bond acceptors (Lipinski definition) is 2. The largest absolute Gasteiger partial charge is 0.294 e. The zero-order chi connectivity index (χ0) is 11.1. The highest BCUT2D eigenvalue weighted by Crippen LogP contribution is 2.10. The monoisotopic (exact) mass is 225 g/mol. The number of carbonyl (C=O) groups excluding carboxylic acids is 1. The van der Waals surface area contributed by atoms with Gasteiger partial charge in [0, 0.05) is 18.2 Å². The molecule has 0 aromatic carbocycles. The molecule has 0 radical (unpaired) electrons. The Bertz CT molecular complexity index is 308.